The van der Waals surface area contributed by atoms with E-state index in [0.29, 0.717) is 17.7 Å². The molecule has 1 amide bonds. The van der Waals surface area contributed by atoms with Crippen LogP contribution in [0.5, 0.6) is 0 Å². The lowest BCUT2D eigenvalue weighted by atomic mass is 9.96. The molecule has 0 fully saturated rings. The van der Waals surface area contributed by atoms with Crippen LogP contribution < -0.4 is 0 Å². The van der Waals surface area contributed by atoms with E-state index in [2.05, 4.69) is 11.7 Å². The molecule has 1 unspecified atom stereocenters. The molecule has 21 heavy (non-hydrogen) atoms. The zero-order chi connectivity index (χ0) is 15.4. The van der Waals surface area contributed by atoms with E-state index in [1.165, 1.54) is 9.58 Å². The van der Waals surface area contributed by atoms with Gasteiger partial charge >= 0.3 is 6.09 Å². The van der Waals surface area contributed by atoms with E-state index in [1.807, 2.05) is 0 Å². The third-order valence-corrected chi connectivity index (χ3v) is 4.24. The second kappa shape index (κ2) is 4.54. The number of carbonyl (C=O) groups is 1. The Kier molecular flexibility index (Phi) is 3.04. The number of nitrogens with zero attached hydrogens (tertiary/aromatic N) is 3. The number of halogens is 2. The Morgan fingerprint density at radius 1 is 1.48 bits per heavy atom. The molecule has 0 spiro atoms. The molecule has 2 aliphatic rings. The van der Waals surface area contributed by atoms with Gasteiger partial charge in [0.1, 0.15) is 5.69 Å². The van der Waals surface area contributed by atoms with Crippen LogP contribution in [0.2, 0.25) is 0 Å². The molecule has 3 rings (SSSR count). The van der Waals surface area contributed by atoms with Crippen molar-refractivity contribution in [3.8, 4) is 0 Å². The van der Waals surface area contributed by atoms with Crippen molar-refractivity contribution >= 4 is 6.09 Å². The first-order valence-electron chi connectivity index (χ1n) is 6.92. The highest BCUT2D eigenvalue weighted by atomic mass is 19.3. The lowest BCUT2D eigenvalue weighted by Gasteiger charge is -2.31. The van der Waals surface area contributed by atoms with Gasteiger partial charge < -0.3 is 10.0 Å². The lowest BCUT2D eigenvalue weighted by molar-refractivity contribution is -0.0197. The summed E-state index contributed by atoms with van der Waals surface area (Å²) in [5.74, 6) is -3.00. The van der Waals surface area contributed by atoms with Crippen LogP contribution in [0.4, 0.5) is 13.6 Å². The molecule has 0 radical (unpaired) electrons. The minimum absolute atomic E-state index is 0.0246. The van der Waals surface area contributed by atoms with E-state index in [1.54, 1.807) is 6.92 Å². The predicted octanol–water partition coefficient (Wildman–Crippen LogP) is 2.75. The van der Waals surface area contributed by atoms with Crippen molar-refractivity contribution in [2.45, 2.75) is 51.2 Å². The Morgan fingerprint density at radius 3 is 2.86 bits per heavy atom. The summed E-state index contributed by atoms with van der Waals surface area (Å²) in [7, 11) is 0. The summed E-state index contributed by atoms with van der Waals surface area (Å²) in [6.45, 7) is 5.82. The van der Waals surface area contributed by atoms with Gasteiger partial charge in [0.25, 0.3) is 5.92 Å². The Balaban J connectivity index is 2.11. The van der Waals surface area contributed by atoms with Gasteiger partial charge in [0.2, 0.25) is 0 Å². The highest BCUT2D eigenvalue weighted by Gasteiger charge is 2.43. The normalized spacial score (nSPS) is 24.2. The van der Waals surface area contributed by atoms with Gasteiger partial charge in [-0.25, -0.2) is 4.79 Å². The quantitative estimate of drug-likeness (QED) is 0.749. The third kappa shape index (κ3) is 2.20. The summed E-state index contributed by atoms with van der Waals surface area (Å²) in [5, 5.41) is 13.5. The molecule has 0 aliphatic carbocycles. The van der Waals surface area contributed by atoms with E-state index in [-0.39, 0.29) is 37.7 Å². The van der Waals surface area contributed by atoms with Crippen LogP contribution in [-0.2, 0) is 25.4 Å². The molecule has 0 aromatic carbocycles. The highest BCUT2D eigenvalue weighted by molar-refractivity contribution is 5.66. The topological polar surface area (TPSA) is 58.4 Å². The molecule has 0 saturated heterocycles. The van der Waals surface area contributed by atoms with Gasteiger partial charge in [-0.05, 0) is 13.3 Å². The van der Waals surface area contributed by atoms with E-state index in [9.17, 15) is 18.7 Å². The van der Waals surface area contributed by atoms with Gasteiger partial charge in [-0.15, -0.1) is 0 Å². The number of fused-ring (bicyclic) bond motifs is 3. The SMILES string of the molecule is C=C1CCC(F)(F)c2c3c(nn2C1)CC(C)N(C(=O)O)C3. The lowest BCUT2D eigenvalue weighted by Crippen LogP contribution is -2.42. The molecule has 1 aromatic rings. The number of aromatic nitrogens is 2. The molecule has 2 aliphatic heterocycles. The molecule has 1 atom stereocenters. The standard InChI is InChI=1S/C14H17F2N3O2/c1-8-3-4-14(15,16)12-10-7-18(13(20)21)9(2)5-11(10)17-19(12)6-8/h9H,1,3-7H2,2H3,(H,20,21). The Bertz CT molecular complexity index is 624. The number of amides is 1. The smallest absolute Gasteiger partial charge is 0.407 e. The van der Waals surface area contributed by atoms with Crippen LogP contribution >= 0.6 is 0 Å². The van der Waals surface area contributed by atoms with Crippen molar-refractivity contribution < 1.29 is 18.7 Å². The second-order valence-electron chi connectivity index (χ2n) is 5.85. The molecule has 1 N–H and O–H groups in total. The van der Waals surface area contributed by atoms with Crippen molar-refractivity contribution in [3.63, 3.8) is 0 Å². The van der Waals surface area contributed by atoms with Crippen molar-refractivity contribution in [2.24, 2.45) is 0 Å². The fraction of sp³-hybridized carbons (Fsp3) is 0.571. The second-order valence-corrected chi connectivity index (χ2v) is 5.85. The monoisotopic (exact) mass is 297 g/mol. The van der Waals surface area contributed by atoms with Crippen molar-refractivity contribution in [2.75, 3.05) is 0 Å². The van der Waals surface area contributed by atoms with Gasteiger partial charge in [0.05, 0.1) is 18.8 Å². The van der Waals surface area contributed by atoms with Crippen LogP contribution in [0.1, 0.15) is 36.7 Å². The molecule has 7 heteroatoms. The summed E-state index contributed by atoms with van der Waals surface area (Å²) in [4.78, 5) is 12.4. The Hall–Kier alpha value is -1.92. The first-order valence-corrected chi connectivity index (χ1v) is 6.92. The zero-order valence-corrected chi connectivity index (χ0v) is 11.8. The average Bonchev–Trinajstić information content (AvgIpc) is 2.67. The van der Waals surface area contributed by atoms with Crippen molar-refractivity contribution in [3.05, 3.63) is 29.1 Å². The van der Waals surface area contributed by atoms with Crippen LogP contribution in [0.3, 0.4) is 0 Å². The van der Waals surface area contributed by atoms with Crippen LogP contribution in [0, 0.1) is 0 Å². The molecular formula is C14H17F2N3O2. The van der Waals surface area contributed by atoms with Crippen molar-refractivity contribution in [1.29, 1.82) is 0 Å². The maximum absolute atomic E-state index is 14.4. The minimum atomic E-state index is -3.00. The summed E-state index contributed by atoms with van der Waals surface area (Å²) >= 11 is 0. The summed E-state index contributed by atoms with van der Waals surface area (Å²) in [6, 6.07) is -0.258. The largest absolute Gasteiger partial charge is 0.465 e. The van der Waals surface area contributed by atoms with E-state index in [4.69, 9.17) is 0 Å². The van der Waals surface area contributed by atoms with Crippen molar-refractivity contribution in [1.82, 2.24) is 14.7 Å². The van der Waals surface area contributed by atoms with Gasteiger partial charge in [0, 0.05) is 24.4 Å². The first kappa shape index (κ1) is 14.0. The van der Waals surface area contributed by atoms with Gasteiger partial charge in [-0.1, -0.05) is 12.2 Å². The highest BCUT2D eigenvalue weighted by Crippen LogP contribution is 2.41. The molecule has 0 bridgehead atoms. The number of alkyl halides is 2. The molecule has 3 heterocycles. The van der Waals surface area contributed by atoms with E-state index in [0.717, 1.165) is 5.57 Å². The molecule has 0 saturated carbocycles. The van der Waals surface area contributed by atoms with Gasteiger partial charge in [0.15, 0.2) is 0 Å². The fourth-order valence-corrected chi connectivity index (χ4v) is 3.12. The molecular weight excluding hydrogens is 280 g/mol. The maximum Gasteiger partial charge on any atom is 0.407 e. The van der Waals surface area contributed by atoms with Crippen LogP contribution in [0.15, 0.2) is 12.2 Å². The average molecular weight is 297 g/mol. The van der Waals surface area contributed by atoms with Crippen LogP contribution in [0.25, 0.3) is 0 Å². The molecule has 5 nitrogen and oxygen atoms in total. The summed E-state index contributed by atoms with van der Waals surface area (Å²) in [5.41, 5.74) is 1.55. The number of allylic oxidation sites excluding steroid dienone is 1. The Morgan fingerprint density at radius 2 is 2.19 bits per heavy atom. The Labute approximate surface area is 120 Å². The third-order valence-electron chi connectivity index (χ3n) is 4.24. The van der Waals surface area contributed by atoms with E-state index < -0.39 is 12.0 Å². The summed E-state index contributed by atoms with van der Waals surface area (Å²) in [6.07, 6.45) is -0.768. The zero-order valence-electron chi connectivity index (χ0n) is 11.8. The number of rotatable bonds is 0. The number of carboxylic acid groups (broad SMARTS) is 1. The van der Waals surface area contributed by atoms with E-state index >= 15 is 0 Å². The molecule has 114 valence electrons. The predicted molar refractivity (Wildman–Crippen MR) is 71.2 cm³/mol. The number of hydrogen-bond acceptors (Lipinski definition) is 2. The number of hydrogen-bond donors (Lipinski definition) is 1. The van der Waals surface area contributed by atoms with Gasteiger partial charge in [-0.3, -0.25) is 4.68 Å². The maximum atomic E-state index is 14.4. The molecule has 1 aromatic heterocycles. The minimum Gasteiger partial charge on any atom is -0.465 e. The fourth-order valence-electron chi connectivity index (χ4n) is 3.12. The van der Waals surface area contributed by atoms with Gasteiger partial charge in [-0.2, -0.15) is 13.9 Å². The van der Waals surface area contributed by atoms with Crippen LogP contribution in [-0.4, -0.2) is 31.9 Å². The first-order chi connectivity index (χ1) is 9.79. The summed E-state index contributed by atoms with van der Waals surface area (Å²) < 4.78 is 30.1.